The Morgan fingerprint density at radius 1 is 1.06 bits per heavy atom. The van der Waals surface area contributed by atoms with Crippen LogP contribution in [0, 0.1) is 5.92 Å². The van der Waals surface area contributed by atoms with Gasteiger partial charge in [0.25, 0.3) is 5.91 Å². The van der Waals surface area contributed by atoms with Crippen LogP contribution in [0.5, 0.6) is 0 Å². The van der Waals surface area contributed by atoms with Crippen molar-refractivity contribution in [3.8, 4) is 0 Å². The lowest BCUT2D eigenvalue weighted by Gasteiger charge is -2.28. The highest BCUT2D eigenvalue weighted by Gasteiger charge is 2.27. The lowest BCUT2D eigenvalue weighted by atomic mass is 9.84. The summed E-state index contributed by atoms with van der Waals surface area (Å²) in [4.78, 5) is 33.2. The molecule has 2 N–H and O–H groups in total. The van der Waals surface area contributed by atoms with Crippen LogP contribution in [0.2, 0.25) is 5.02 Å². The van der Waals surface area contributed by atoms with Crippen molar-refractivity contribution in [2.75, 3.05) is 0 Å². The molecule has 1 aromatic carbocycles. The van der Waals surface area contributed by atoms with Crippen LogP contribution in [0.3, 0.4) is 0 Å². The molecule has 5 rings (SSSR count). The summed E-state index contributed by atoms with van der Waals surface area (Å²) in [5.74, 6) is 0.634. The number of benzene rings is 1. The molecule has 2 saturated carbocycles. The Bertz CT molecular complexity index is 1180. The van der Waals surface area contributed by atoms with Crippen molar-refractivity contribution in [3.63, 3.8) is 0 Å². The average Bonchev–Trinajstić information content (AvgIpc) is 3.56. The van der Waals surface area contributed by atoms with Gasteiger partial charge in [0, 0.05) is 46.7 Å². The van der Waals surface area contributed by atoms with Crippen molar-refractivity contribution in [1.29, 1.82) is 0 Å². The Morgan fingerprint density at radius 2 is 1.79 bits per heavy atom. The number of hydrogen-bond donors (Lipinski definition) is 2. The normalized spacial score (nSPS) is 20.6. The van der Waals surface area contributed by atoms with Gasteiger partial charge in [-0.05, 0) is 56.6 Å². The molecule has 8 nitrogen and oxygen atoms in total. The smallest absolute Gasteiger partial charge is 0.303 e. The second-order valence-electron chi connectivity index (χ2n) is 9.21. The zero-order valence-electron chi connectivity index (χ0n) is 18.2. The number of hydrogen-bond acceptors (Lipinski definition) is 5. The highest BCUT2D eigenvalue weighted by Crippen LogP contribution is 2.37. The molecule has 0 atom stereocenters. The van der Waals surface area contributed by atoms with Crippen LogP contribution < -0.4 is 5.32 Å². The predicted octanol–water partition coefficient (Wildman–Crippen LogP) is 4.17. The molecule has 0 unspecified atom stereocenters. The first-order valence-corrected chi connectivity index (χ1v) is 11.8. The lowest BCUT2D eigenvalue weighted by Crippen LogP contribution is -2.38. The molecule has 0 radical (unpaired) electrons. The zero-order chi connectivity index (χ0) is 22.9. The van der Waals surface area contributed by atoms with Gasteiger partial charge in [-0.2, -0.15) is 5.10 Å². The molecule has 2 heterocycles. The van der Waals surface area contributed by atoms with Crippen LogP contribution in [0.4, 0.5) is 0 Å². The highest BCUT2D eigenvalue weighted by atomic mass is 35.5. The van der Waals surface area contributed by atoms with E-state index in [1.807, 2.05) is 12.4 Å². The molecule has 0 aliphatic heterocycles. The number of carboxylic acids is 1. The van der Waals surface area contributed by atoms with Crippen molar-refractivity contribution >= 4 is 34.4 Å². The number of nitrogens with zero attached hydrogens (tertiary/aromatic N) is 4. The van der Waals surface area contributed by atoms with Gasteiger partial charge >= 0.3 is 5.97 Å². The Balaban J connectivity index is 1.33. The summed E-state index contributed by atoms with van der Waals surface area (Å²) in [7, 11) is 0. The SMILES string of the molecule is O=C(O)CC1CCC(NC(=O)c2cc(Cl)cc3cnn(Cc4cnc(C5CC5)nc4)c23)CC1. The van der Waals surface area contributed by atoms with Gasteiger partial charge in [-0.1, -0.05) is 11.6 Å². The molecular weight excluding hydrogens is 442 g/mol. The highest BCUT2D eigenvalue weighted by molar-refractivity contribution is 6.32. The van der Waals surface area contributed by atoms with Gasteiger partial charge in [0.05, 0.1) is 23.8 Å². The van der Waals surface area contributed by atoms with E-state index in [9.17, 15) is 9.59 Å². The molecular formula is C24H26ClN5O3. The van der Waals surface area contributed by atoms with Crippen molar-refractivity contribution in [3.05, 3.63) is 52.7 Å². The number of carbonyl (C=O) groups is 2. The molecule has 0 spiro atoms. The van der Waals surface area contributed by atoms with E-state index in [0.717, 1.165) is 60.8 Å². The maximum Gasteiger partial charge on any atom is 0.303 e. The molecule has 0 saturated heterocycles. The van der Waals surface area contributed by atoms with Crippen molar-refractivity contribution in [2.24, 2.45) is 5.92 Å². The Hall–Kier alpha value is -3.00. The minimum atomic E-state index is -0.760. The number of carbonyl (C=O) groups excluding carboxylic acids is 1. The molecule has 33 heavy (non-hydrogen) atoms. The van der Waals surface area contributed by atoms with Gasteiger partial charge < -0.3 is 10.4 Å². The van der Waals surface area contributed by atoms with Crippen LogP contribution in [0.25, 0.3) is 10.9 Å². The fourth-order valence-electron chi connectivity index (χ4n) is 4.68. The first kappa shape index (κ1) is 21.8. The fraction of sp³-hybridized carbons (Fsp3) is 0.458. The largest absolute Gasteiger partial charge is 0.481 e. The number of nitrogens with one attached hydrogen (secondary N) is 1. The summed E-state index contributed by atoms with van der Waals surface area (Å²) in [6.07, 6.45) is 11.0. The van der Waals surface area contributed by atoms with Crippen LogP contribution in [-0.4, -0.2) is 42.8 Å². The fourth-order valence-corrected chi connectivity index (χ4v) is 4.91. The van der Waals surface area contributed by atoms with E-state index >= 15 is 0 Å². The number of fused-ring (bicyclic) bond motifs is 1. The standard InChI is InChI=1S/C24H26ClN5O3/c25-18-8-17-12-28-30(13-15-10-26-23(27-11-15)16-3-4-16)22(17)20(9-18)24(33)29-19-5-1-14(2-6-19)7-21(31)32/h8-12,14,16,19H,1-7,13H2,(H,29,33)(H,31,32). The monoisotopic (exact) mass is 467 g/mol. The molecule has 2 aliphatic rings. The Kier molecular flexibility index (Phi) is 6.01. The molecule has 2 aromatic heterocycles. The van der Waals surface area contributed by atoms with Gasteiger partial charge in [0.2, 0.25) is 0 Å². The summed E-state index contributed by atoms with van der Waals surface area (Å²) in [6.45, 7) is 0.455. The van der Waals surface area contributed by atoms with Crippen LogP contribution in [0.1, 0.15) is 72.6 Å². The van der Waals surface area contributed by atoms with Gasteiger partial charge in [0.1, 0.15) is 5.82 Å². The number of amides is 1. The van der Waals surface area contributed by atoms with E-state index in [2.05, 4.69) is 20.4 Å². The van der Waals surface area contributed by atoms with Gasteiger partial charge in [-0.3, -0.25) is 14.3 Å². The first-order chi connectivity index (χ1) is 16.0. The van der Waals surface area contributed by atoms with Crippen LogP contribution in [0.15, 0.2) is 30.7 Å². The molecule has 3 aromatic rings. The maximum atomic E-state index is 13.2. The Labute approximate surface area is 196 Å². The summed E-state index contributed by atoms with van der Waals surface area (Å²) in [5, 5.41) is 17.9. The molecule has 2 fully saturated rings. The molecule has 1 amide bonds. The van der Waals surface area contributed by atoms with E-state index in [1.165, 1.54) is 0 Å². The summed E-state index contributed by atoms with van der Waals surface area (Å²) >= 11 is 6.31. The van der Waals surface area contributed by atoms with Crippen molar-refractivity contribution < 1.29 is 14.7 Å². The van der Waals surface area contributed by atoms with E-state index < -0.39 is 5.97 Å². The average molecular weight is 468 g/mol. The van der Waals surface area contributed by atoms with E-state index in [1.54, 1.807) is 23.0 Å². The van der Waals surface area contributed by atoms with Gasteiger partial charge in [-0.15, -0.1) is 0 Å². The zero-order valence-corrected chi connectivity index (χ0v) is 19.0. The van der Waals surface area contributed by atoms with Crippen molar-refractivity contribution in [1.82, 2.24) is 25.1 Å². The van der Waals surface area contributed by atoms with E-state index in [-0.39, 0.29) is 24.3 Å². The van der Waals surface area contributed by atoms with E-state index in [4.69, 9.17) is 16.7 Å². The Morgan fingerprint density at radius 3 is 2.45 bits per heavy atom. The number of halogens is 1. The summed E-state index contributed by atoms with van der Waals surface area (Å²) < 4.78 is 1.79. The minimum absolute atomic E-state index is 0.0244. The number of carboxylic acid groups (broad SMARTS) is 1. The van der Waals surface area contributed by atoms with Crippen molar-refractivity contribution in [2.45, 2.75) is 63.5 Å². The third kappa shape index (κ3) is 5.00. The summed E-state index contributed by atoms with van der Waals surface area (Å²) in [6, 6.07) is 3.51. The second-order valence-corrected chi connectivity index (χ2v) is 9.64. The first-order valence-electron chi connectivity index (χ1n) is 11.4. The molecule has 172 valence electrons. The van der Waals surface area contributed by atoms with Gasteiger partial charge in [0.15, 0.2) is 0 Å². The lowest BCUT2D eigenvalue weighted by molar-refractivity contribution is -0.138. The number of aromatic nitrogens is 4. The quantitative estimate of drug-likeness (QED) is 0.539. The van der Waals surface area contributed by atoms with Crippen LogP contribution in [-0.2, 0) is 11.3 Å². The number of rotatable bonds is 7. The third-order valence-electron chi connectivity index (χ3n) is 6.59. The third-order valence-corrected chi connectivity index (χ3v) is 6.81. The minimum Gasteiger partial charge on any atom is -0.481 e. The number of aliphatic carboxylic acids is 1. The predicted molar refractivity (Wildman–Crippen MR) is 123 cm³/mol. The molecule has 9 heteroatoms. The van der Waals surface area contributed by atoms with E-state index in [0.29, 0.717) is 23.0 Å². The summed E-state index contributed by atoms with van der Waals surface area (Å²) in [5.41, 5.74) is 2.13. The maximum absolute atomic E-state index is 13.2. The topological polar surface area (TPSA) is 110 Å². The molecule has 2 aliphatic carbocycles. The van der Waals surface area contributed by atoms with Crippen LogP contribution >= 0.6 is 11.6 Å². The molecule has 0 bridgehead atoms. The second kappa shape index (κ2) is 9.09. The van der Waals surface area contributed by atoms with Gasteiger partial charge in [-0.25, -0.2) is 9.97 Å².